The van der Waals surface area contributed by atoms with Crippen molar-refractivity contribution in [3.8, 4) is 17.0 Å². The van der Waals surface area contributed by atoms with E-state index >= 15 is 0 Å². The first-order valence-corrected chi connectivity index (χ1v) is 9.77. The van der Waals surface area contributed by atoms with Gasteiger partial charge in [-0.3, -0.25) is 10.1 Å². The maximum Gasteiger partial charge on any atom is 0.258 e. The third-order valence-electron chi connectivity index (χ3n) is 3.36. The van der Waals surface area contributed by atoms with Crippen LogP contribution in [0.5, 0.6) is 5.75 Å². The van der Waals surface area contributed by atoms with Crippen LogP contribution in [0.3, 0.4) is 0 Å². The molecule has 0 aliphatic heterocycles. The Morgan fingerprint density at radius 2 is 1.88 bits per heavy atom. The molecule has 3 aromatic rings. The quantitative estimate of drug-likeness (QED) is 0.511. The minimum atomic E-state index is -0.147. The second kappa shape index (κ2) is 7.97. The Labute approximate surface area is 164 Å². The van der Waals surface area contributed by atoms with Gasteiger partial charge in [0.15, 0.2) is 5.13 Å². The molecule has 3 rings (SSSR count). The number of amides is 1. The van der Waals surface area contributed by atoms with Gasteiger partial charge < -0.3 is 4.74 Å². The highest BCUT2D eigenvalue weighted by atomic mass is 127. The Morgan fingerprint density at radius 1 is 1.16 bits per heavy atom. The van der Waals surface area contributed by atoms with Gasteiger partial charge in [0.05, 0.1) is 17.4 Å². The first-order valence-electron chi connectivity index (χ1n) is 7.81. The van der Waals surface area contributed by atoms with Gasteiger partial charge in [-0.05, 0) is 72.8 Å². The first-order chi connectivity index (χ1) is 12.0. The number of thiazole rings is 1. The molecule has 2 aromatic carbocycles. The van der Waals surface area contributed by atoms with Crippen molar-refractivity contribution in [3.63, 3.8) is 0 Å². The molecule has 0 unspecified atom stereocenters. The fourth-order valence-electron chi connectivity index (χ4n) is 2.25. The minimum absolute atomic E-state index is 0.146. The monoisotopic (exact) mass is 464 g/mol. The van der Waals surface area contributed by atoms with Crippen molar-refractivity contribution in [3.05, 3.63) is 63.0 Å². The van der Waals surface area contributed by atoms with Gasteiger partial charge in [0.25, 0.3) is 5.91 Å². The molecule has 1 heterocycles. The number of anilines is 1. The average Bonchev–Trinajstić information content (AvgIpc) is 3.04. The number of ether oxygens (including phenoxy) is 1. The van der Waals surface area contributed by atoms with Crippen molar-refractivity contribution in [2.45, 2.75) is 20.0 Å². The van der Waals surface area contributed by atoms with Gasteiger partial charge in [0.1, 0.15) is 5.75 Å². The highest BCUT2D eigenvalue weighted by molar-refractivity contribution is 14.1. The summed E-state index contributed by atoms with van der Waals surface area (Å²) in [4.78, 5) is 16.9. The van der Waals surface area contributed by atoms with Crippen LogP contribution < -0.4 is 10.1 Å². The SMILES string of the molecule is CC(C)Oc1ccc(-c2csc(NC(=O)c3ccccc3I)n2)cc1. The zero-order valence-electron chi connectivity index (χ0n) is 13.8. The molecule has 0 atom stereocenters. The van der Waals surface area contributed by atoms with E-state index in [1.165, 1.54) is 11.3 Å². The van der Waals surface area contributed by atoms with Crippen LogP contribution >= 0.6 is 33.9 Å². The van der Waals surface area contributed by atoms with Gasteiger partial charge in [-0.15, -0.1) is 11.3 Å². The number of nitrogens with zero attached hydrogens (tertiary/aromatic N) is 1. The van der Waals surface area contributed by atoms with Gasteiger partial charge in [0, 0.05) is 14.5 Å². The molecule has 1 amide bonds. The summed E-state index contributed by atoms with van der Waals surface area (Å²) < 4.78 is 6.56. The van der Waals surface area contributed by atoms with E-state index in [1.54, 1.807) is 6.07 Å². The van der Waals surface area contributed by atoms with Crippen molar-refractivity contribution >= 4 is 45.0 Å². The minimum Gasteiger partial charge on any atom is -0.491 e. The second-order valence-corrected chi connectivity index (χ2v) is 7.68. The smallest absolute Gasteiger partial charge is 0.258 e. The molecule has 6 heteroatoms. The zero-order valence-corrected chi connectivity index (χ0v) is 16.8. The molecule has 0 aliphatic carbocycles. The summed E-state index contributed by atoms with van der Waals surface area (Å²) in [7, 11) is 0. The lowest BCUT2D eigenvalue weighted by atomic mass is 10.2. The number of hydrogen-bond donors (Lipinski definition) is 1. The second-order valence-electron chi connectivity index (χ2n) is 5.66. The molecule has 0 saturated carbocycles. The summed E-state index contributed by atoms with van der Waals surface area (Å²) in [5.74, 6) is 0.688. The van der Waals surface area contributed by atoms with E-state index in [4.69, 9.17) is 4.74 Å². The number of hydrogen-bond acceptors (Lipinski definition) is 4. The normalized spacial score (nSPS) is 10.7. The molecule has 1 aromatic heterocycles. The van der Waals surface area contributed by atoms with Crippen LogP contribution in [-0.4, -0.2) is 17.0 Å². The van der Waals surface area contributed by atoms with Gasteiger partial charge in [-0.1, -0.05) is 12.1 Å². The molecule has 128 valence electrons. The molecule has 0 aliphatic rings. The van der Waals surface area contributed by atoms with E-state index in [-0.39, 0.29) is 12.0 Å². The number of halogens is 1. The number of carbonyl (C=O) groups excluding carboxylic acids is 1. The predicted molar refractivity (Wildman–Crippen MR) is 110 cm³/mol. The van der Waals surface area contributed by atoms with Crippen LogP contribution in [0, 0.1) is 3.57 Å². The number of aromatic nitrogens is 1. The fraction of sp³-hybridized carbons (Fsp3) is 0.158. The Balaban J connectivity index is 1.72. The van der Waals surface area contributed by atoms with Crippen LogP contribution in [0.25, 0.3) is 11.3 Å². The van der Waals surface area contributed by atoms with E-state index in [1.807, 2.05) is 61.7 Å². The summed E-state index contributed by atoms with van der Waals surface area (Å²) in [5, 5.41) is 5.39. The van der Waals surface area contributed by atoms with Crippen LogP contribution in [-0.2, 0) is 0 Å². The standard InChI is InChI=1S/C19H17IN2O2S/c1-12(2)24-14-9-7-13(8-10-14)17-11-25-19(21-17)22-18(23)15-5-3-4-6-16(15)20/h3-12H,1-2H3,(H,21,22,23). The largest absolute Gasteiger partial charge is 0.491 e. The van der Waals surface area contributed by atoms with Gasteiger partial charge in [0.2, 0.25) is 0 Å². The lowest BCUT2D eigenvalue weighted by Gasteiger charge is -2.09. The molecular weight excluding hydrogens is 447 g/mol. The van der Waals surface area contributed by atoms with Crippen molar-refractivity contribution in [2.75, 3.05) is 5.32 Å². The van der Waals surface area contributed by atoms with Crippen LogP contribution in [0.1, 0.15) is 24.2 Å². The molecule has 25 heavy (non-hydrogen) atoms. The lowest BCUT2D eigenvalue weighted by Crippen LogP contribution is -2.13. The van der Waals surface area contributed by atoms with E-state index in [2.05, 4.69) is 32.9 Å². The maximum atomic E-state index is 12.4. The molecule has 0 bridgehead atoms. The van der Waals surface area contributed by atoms with Crippen molar-refractivity contribution in [1.29, 1.82) is 0 Å². The molecule has 4 nitrogen and oxygen atoms in total. The lowest BCUT2D eigenvalue weighted by molar-refractivity contribution is 0.102. The van der Waals surface area contributed by atoms with Crippen LogP contribution in [0.4, 0.5) is 5.13 Å². The summed E-state index contributed by atoms with van der Waals surface area (Å²) in [6.45, 7) is 3.99. The zero-order chi connectivity index (χ0) is 17.8. The van der Waals surface area contributed by atoms with Crippen LogP contribution in [0.15, 0.2) is 53.9 Å². The highest BCUT2D eigenvalue weighted by Crippen LogP contribution is 2.27. The topological polar surface area (TPSA) is 51.2 Å². The molecule has 0 fully saturated rings. The maximum absolute atomic E-state index is 12.4. The summed E-state index contributed by atoms with van der Waals surface area (Å²) in [6.07, 6.45) is 0.146. The van der Waals surface area contributed by atoms with Gasteiger partial charge in [-0.25, -0.2) is 4.98 Å². The average molecular weight is 464 g/mol. The van der Waals surface area contributed by atoms with Crippen molar-refractivity contribution in [2.24, 2.45) is 0 Å². The van der Waals surface area contributed by atoms with E-state index in [0.717, 1.165) is 20.6 Å². The van der Waals surface area contributed by atoms with E-state index < -0.39 is 0 Å². The van der Waals surface area contributed by atoms with Gasteiger partial charge in [-0.2, -0.15) is 0 Å². The van der Waals surface area contributed by atoms with Gasteiger partial charge >= 0.3 is 0 Å². The van der Waals surface area contributed by atoms with E-state index in [0.29, 0.717) is 10.7 Å². The molecular formula is C19H17IN2O2S. The summed E-state index contributed by atoms with van der Waals surface area (Å²) in [6, 6.07) is 15.3. The number of carbonyl (C=O) groups is 1. The summed E-state index contributed by atoms with van der Waals surface area (Å²) in [5.41, 5.74) is 2.47. The number of rotatable bonds is 5. The number of benzene rings is 2. The van der Waals surface area contributed by atoms with Crippen LogP contribution in [0.2, 0.25) is 0 Å². The Kier molecular flexibility index (Phi) is 5.70. The molecule has 0 saturated heterocycles. The van der Waals surface area contributed by atoms with Crippen molar-refractivity contribution < 1.29 is 9.53 Å². The first kappa shape index (κ1) is 17.9. The predicted octanol–water partition coefficient (Wildman–Crippen LogP) is 5.45. The Bertz CT molecular complexity index is 875. The third kappa shape index (κ3) is 4.58. The molecule has 0 spiro atoms. The Hall–Kier alpha value is -1.93. The molecule has 1 N–H and O–H groups in total. The highest BCUT2D eigenvalue weighted by Gasteiger charge is 2.12. The third-order valence-corrected chi connectivity index (χ3v) is 5.06. The molecule has 0 radical (unpaired) electrons. The van der Waals surface area contributed by atoms with E-state index in [9.17, 15) is 4.79 Å². The Morgan fingerprint density at radius 3 is 2.56 bits per heavy atom. The number of nitrogens with one attached hydrogen (secondary N) is 1. The van der Waals surface area contributed by atoms with Crippen molar-refractivity contribution in [1.82, 2.24) is 4.98 Å². The summed E-state index contributed by atoms with van der Waals surface area (Å²) >= 11 is 3.57. The fourth-order valence-corrected chi connectivity index (χ4v) is 3.60.